The highest BCUT2D eigenvalue weighted by atomic mass is 16.4. The monoisotopic (exact) mass is 346 g/mol. The molecule has 3 fully saturated rings. The average molecular weight is 346 g/mol. The SMILES string of the molecule is CN(C(=O)CN1[C@@H]2CC[C@@H]1CC(O)(c1ccco1)C2)C1CCCCC1. The Kier molecular flexibility index (Phi) is 4.63. The Bertz CT molecular complexity index is 580. The molecular formula is C20H30N2O3. The van der Waals surface area contributed by atoms with Gasteiger partial charge in [-0.3, -0.25) is 9.69 Å². The zero-order valence-electron chi connectivity index (χ0n) is 15.2. The molecule has 4 rings (SSSR count). The molecule has 2 aliphatic heterocycles. The second kappa shape index (κ2) is 6.76. The molecule has 3 heterocycles. The number of carbonyl (C=O) groups is 1. The number of rotatable bonds is 4. The molecule has 2 bridgehead atoms. The number of hydrogen-bond donors (Lipinski definition) is 1. The van der Waals surface area contributed by atoms with Crippen LogP contribution in [0.1, 0.15) is 63.5 Å². The summed E-state index contributed by atoms with van der Waals surface area (Å²) < 4.78 is 5.49. The minimum Gasteiger partial charge on any atom is -0.466 e. The highest BCUT2D eigenvalue weighted by molar-refractivity contribution is 5.78. The number of aliphatic hydroxyl groups is 1. The predicted molar refractivity (Wildman–Crippen MR) is 95.0 cm³/mol. The van der Waals surface area contributed by atoms with Crippen molar-refractivity contribution in [1.29, 1.82) is 0 Å². The van der Waals surface area contributed by atoms with Crippen LogP contribution in [0.3, 0.4) is 0 Å². The summed E-state index contributed by atoms with van der Waals surface area (Å²) in [5.74, 6) is 0.918. The molecule has 1 aromatic heterocycles. The molecule has 0 radical (unpaired) electrons. The molecule has 1 saturated carbocycles. The van der Waals surface area contributed by atoms with Crippen molar-refractivity contribution >= 4 is 5.91 Å². The minimum absolute atomic E-state index is 0.243. The third-order valence-corrected chi connectivity index (χ3v) is 6.73. The van der Waals surface area contributed by atoms with Gasteiger partial charge < -0.3 is 14.4 Å². The first-order valence-electron chi connectivity index (χ1n) is 9.84. The van der Waals surface area contributed by atoms with E-state index in [1.165, 1.54) is 19.3 Å². The lowest BCUT2D eigenvalue weighted by Gasteiger charge is -2.43. The number of carbonyl (C=O) groups excluding carboxylic acids is 1. The van der Waals surface area contributed by atoms with Crippen LogP contribution in [0.5, 0.6) is 0 Å². The molecule has 2 atom stereocenters. The van der Waals surface area contributed by atoms with E-state index in [0.29, 0.717) is 31.2 Å². The van der Waals surface area contributed by atoms with Crippen molar-refractivity contribution in [3.8, 4) is 0 Å². The van der Waals surface area contributed by atoms with Gasteiger partial charge in [-0.1, -0.05) is 19.3 Å². The molecule has 1 aromatic rings. The van der Waals surface area contributed by atoms with Crippen LogP contribution in [0, 0.1) is 0 Å². The summed E-state index contributed by atoms with van der Waals surface area (Å²) in [6, 6.07) is 4.68. The third kappa shape index (κ3) is 3.24. The Balaban J connectivity index is 1.40. The van der Waals surface area contributed by atoms with Gasteiger partial charge in [0, 0.05) is 25.2 Å². The van der Waals surface area contributed by atoms with Crippen LogP contribution in [0.4, 0.5) is 0 Å². The summed E-state index contributed by atoms with van der Waals surface area (Å²) in [5, 5.41) is 11.1. The van der Waals surface area contributed by atoms with E-state index in [4.69, 9.17) is 4.42 Å². The molecule has 1 aliphatic carbocycles. The standard InChI is InChI=1S/C20H30N2O3/c1-21(15-6-3-2-4-7-15)19(23)14-22-16-9-10-17(22)13-20(24,12-16)18-8-5-11-25-18/h5,8,11,15-17,24H,2-4,6-7,9-10,12-14H2,1H3/t16-,17-/m1/s1. The largest absolute Gasteiger partial charge is 0.466 e. The van der Waals surface area contributed by atoms with Crippen molar-refractivity contribution in [2.45, 2.75) is 81.5 Å². The highest BCUT2D eigenvalue weighted by Crippen LogP contribution is 2.45. The lowest BCUT2D eigenvalue weighted by molar-refractivity contribution is -0.137. The van der Waals surface area contributed by atoms with E-state index >= 15 is 0 Å². The number of piperidine rings is 1. The van der Waals surface area contributed by atoms with Gasteiger partial charge in [0.25, 0.3) is 0 Å². The first kappa shape index (κ1) is 17.1. The molecule has 25 heavy (non-hydrogen) atoms. The van der Waals surface area contributed by atoms with Gasteiger partial charge in [-0.2, -0.15) is 0 Å². The zero-order valence-corrected chi connectivity index (χ0v) is 15.2. The van der Waals surface area contributed by atoms with Crippen LogP contribution >= 0.6 is 0 Å². The number of likely N-dealkylation sites (N-methyl/N-ethyl adjacent to an activating group) is 1. The van der Waals surface area contributed by atoms with E-state index < -0.39 is 5.60 Å². The quantitative estimate of drug-likeness (QED) is 0.911. The molecule has 0 unspecified atom stereocenters. The van der Waals surface area contributed by atoms with Gasteiger partial charge >= 0.3 is 0 Å². The second-order valence-electron chi connectivity index (χ2n) is 8.27. The van der Waals surface area contributed by atoms with E-state index in [9.17, 15) is 9.90 Å². The Hall–Kier alpha value is -1.33. The molecule has 2 saturated heterocycles. The number of fused-ring (bicyclic) bond motifs is 2. The van der Waals surface area contributed by atoms with Crippen LogP contribution in [-0.4, -0.2) is 52.5 Å². The number of furan rings is 1. The van der Waals surface area contributed by atoms with E-state index in [0.717, 1.165) is 25.7 Å². The van der Waals surface area contributed by atoms with Gasteiger partial charge in [0.1, 0.15) is 11.4 Å². The fourth-order valence-corrected chi connectivity index (χ4v) is 5.26. The fourth-order valence-electron chi connectivity index (χ4n) is 5.26. The van der Waals surface area contributed by atoms with Crippen LogP contribution in [0.2, 0.25) is 0 Å². The van der Waals surface area contributed by atoms with E-state index in [1.807, 2.05) is 24.1 Å². The molecule has 5 nitrogen and oxygen atoms in total. The van der Waals surface area contributed by atoms with Crippen molar-refractivity contribution in [2.75, 3.05) is 13.6 Å². The summed E-state index contributed by atoms with van der Waals surface area (Å²) in [7, 11) is 1.98. The van der Waals surface area contributed by atoms with Crippen molar-refractivity contribution in [3.63, 3.8) is 0 Å². The molecule has 0 aromatic carbocycles. The summed E-state index contributed by atoms with van der Waals surface area (Å²) in [6.07, 6.45) is 11.2. The van der Waals surface area contributed by atoms with Crippen LogP contribution in [0.25, 0.3) is 0 Å². The number of hydrogen-bond acceptors (Lipinski definition) is 4. The van der Waals surface area contributed by atoms with Gasteiger partial charge in [0.05, 0.1) is 12.8 Å². The summed E-state index contributed by atoms with van der Waals surface area (Å²) in [6.45, 7) is 0.497. The maximum Gasteiger partial charge on any atom is 0.236 e. The van der Waals surface area contributed by atoms with Crippen molar-refractivity contribution in [2.24, 2.45) is 0 Å². The van der Waals surface area contributed by atoms with E-state index in [2.05, 4.69) is 4.90 Å². The van der Waals surface area contributed by atoms with Gasteiger partial charge in [-0.15, -0.1) is 0 Å². The summed E-state index contributed by atoms with van der Waals surface area (Å²) >= 11 is 0. The first-order chi connectivity index (χ1) is 12.1. The molecule has 0 spiro atoms. The van der Waals surface area contributed by atoms with Gasteiger partial charge in [-0.25, -0.2) is 0 Å². The highest BCUT2D eigenvalue weighted by Gasteiger charge is 2.50. The van der Waals surface area contributed by atoms with Gasteiger partial charge in [0.2, 0.25) is 5.91 Å². The van der Waals surface area contributed by atoms with Crippen LogP contribution in [-0.2, 0) is 10.4 Å². The zero-order chi connectivity index (χ0) is 17.4. The van der Waals surface area contributed by atoms with Crippen molar-refractivity contribution < 1.29 is 14.3 Å². The maximum atomic E-state index is 12.8. The normalized spacial score (nSPS) is 33.5. The number of amides is 1. The molecule has 5 heteroatoms. The summed E-state index contributed by atoms with van der Waals surface area (Å²) in [5.41, 5.74) is -0.871. The average Bonchev–Trinajstić information content (AvgIpc) is 3.24. The van der Waals surface area contributed by atoms with Gasteiger partial charge in [-0.05, 0) is 50.7 Å². The molecular weight excluding hydrogens is 316 g/mol. The molecule has 138 valence electrons. The lowest BCUT2D eigenvalue weighted by Crippen LogP contribution is -2.53. The van der Waals surface area contributed by atoms with E-state index in [-0.39, 0.29) is 18.0 Å². The van der Waals surface area contributed by atoms with Crippen molar-refractivity contribution in [3.05, 3.63) is 24.2 Å². The van der Waals surface area contributed by atoms with Crippen molar-refractivity contribution in [1.82, 2.24) is 9.80 Å². The Morgan fingerprint density at radius 2 is 1.92 bits per heavy atom. The Morgan fingerprint density at radius 1 is 1.24 bits per heavy atom. The van der Waals surface area contributed by atoms with Crippen LogP contribution < -0.4 is 0 Å². The second-order valence-corrected chi connectivity index (χ2v) is 8.27. The molecule has 3 aliphatic rings. The fraction of sp³-hybridized carbons (Fsp3) is 0.750. The van der Waals surface area contributed by atoms with Gasteiger partial charge in [0.15, 0.2) is 0 Å². The number of nitrogens with zero attached hydrogens (tertiary/aromatic N) is 2. The first-order valence-corrected chi connectivity index (χ1v) is 9.84. The summed E-state index contributed by atoms with van der Waals surface area (Å²) in [4.78, 5) is 17.2. The maximum absolute atomic E-state index is 12.8. The van der Waals surface area contributed by atoms with E-state index in [1.54, 1.807) is 6.26 Å². The molecule has 1 N–H and O–H groups in total. The van der Waals surface area contributed by atoms with Crippen LogP contribution in [0.15, 0.2) is 22.8 Å². The topological polar surface area (TPSA) is 56.9 Å². The lowest BCUT2D eigenvalue weighted by atomic mass is 9.84. The molecule has 1 amide bonds. The Labute approximate surface area is 150 Å². The predicted octanol–water partition coefficient (Wildman–Crippen LogP) is 2.89. The Morgan fingerprint density at radius 3 is 2.52 bits per heavy atom. The third-order valence-electron chi connectivity index (χ3n) is 6.73. The smallest absolute Gasteiger partial charge is 0.236 e. The minimum atomic E-state index is -0.871.